The molecule has 0 saturated carbocycles. The van der Waals surface area contributed by atoms with E-state index in [9.17, 15) is 4.79 Å². The molecule has 1 N–H and O–H groups in total. The minimum Gasteiger partial charge on any atom is -0.323 e. The molecule has 138 valence electrons. The highest BCUT2D eigenvalue weighted by Gasteiger charge is 2.25. The fourth-order valence-corrected chi connectivity index (χ4v) is 3.45. The van der Waals surface area contributed by atoms with Crippen LogP contribution in [0.1, 0.15) is 12.5 Å². The first kappa shape index (κ1) is 18.9. The van der Waals surface area contributed by atoms with Crippen LogP contribution in [-0.4, -0.2) is 54.5 Å². The van der Waals surface area contributed by atoms with Crippen molar-refractivity contribution in [1.29, 1.82) is 0 Å². The van der Waals surface area contributed by atoms with Crippen LogP contribution in [0.25, 0.3) is 0 Å². The van der Waals surface area contributed by atoms with Crippen molar-refractivity contribution < 1.29 is 4.79 Å². The Morgan fingerprint density at radius 3 is 2.38 bits per heavy atom. The number of benzene rings is 2. The second-order valence-electron chi connectivity index (χ2n) is 6.76. The fourth-order valence-electron chi connectivity index (χ4n) is 3.27. The smallest absolute Gasteiger partial charge is 0.241 e. The van der Waals surface area contributed by atoms with Gasteiger partial charge in [0.1, 0.15) is 0 Å². The Bertz CT molecular complexity index is 714. The number of nitrogens with zero attached hydrogens (tertiary/aromatic N) is 2. The quantitative estimate of drug-likeness (QED) is 0.843. The van der Waals surface area contributed by atoms with Crippen LogP contribution in [-0.2, 0) is 11.2 Å². The lowest BCUT2D eigenvalue weighted by Crippen LogP contribution is -2.53. The van der Waals surface area contributed by atoms with Gasteiger partial charge in [-0.1, -0.05) is 54.1 Å². The summed E-state index contributed by atoms with van der Waals surface area (Å²) in [4.78, 5) is 17.2. The van der Waals surface area contributed by atoms with Gasteiger partial charge in [0, 0.05) is 32.7 Å². The van der Waals surface area contributed by atoms with Crippen molar-refractivity contribution in [2.45, 2.75) is 19.4 Å². The van der Waals surface area contributed by atoms with Crippen LogP contribution in [0, 0.1) is 0 Å². The zero-order chi connectivity index (χ0) is 18.4. The zero-order valence-electron chi connectivity index (χ0n) is 15.2. The fraction of sp³-hybridized carbons (Fsp3) is 0.381. The molecule has 4 nitrogen and oxygen atoms in total. The second kappa shape index (κ2) is 9.17. The number of rotatable bonds is 6. The molecule has 2 aromatic rings. The van der Waals surface area contributed by atoms with E-state index in [0.29, 0.717) is 10.7 Å². The van der Waals surface area contributed by atoms with Crippen molar-refractivity contribution in [3.8, 4) is 0 Å². The summed E-state index contributed by atoms with van der Waals surface area (Å²) in [6.45, 7) is 6.84. The monoisotopic (exact) mass is 371 g/mol. The summed E-state index contributed by atoms with van der Waals surface area (Å²) >= 11 is 6.13. The average Bonchev–Trinajstić information content (AvgIpc) is 2.69. The molecule has 0 unspecified atom stereocenters. The van der Waals surface area contributed by atoms with Crippen molar-refractivity contribution in [2.24, 2.45) is 0 Å². The molecular formula is C21H26ClN3O. The molecule has 1 aliphatic rings. The first-order chi connectivity index (χ1) is 12.6. The van der Waals surface area contributed by atoms with Crippen LogP contribution in [0.15, 0.2) is 54.6 Å². The molecule has 3 rings (SSSR count). The van der Waals surface area contributed by atoms with Gasteiger partial charge in [-0.05, 0) is 31.0 Å². The van der Waals surface area contributed by atoms with E-state index in [1.807, 2.05) is 25.1 Å². The summed E-state index contributed by atoms with van der Waals surface area (Å²) in [6, 6.07) is 17.8. The Kier molecular flexibility index (Phi) is 6.67. The number of piperazine rings is 1. The molecule has 0 spiro atoms. The average molecular weight is 372 g/mol. The number of hydrogen-bond acceptors (Lipinski definition) is 3. The number of hydrogen-bond donors (Lipinski definition) is 1. The maximum atomic E-state index is 12.5. The highest BCUT2D eigenvalue weighted by atomic mass is 35.5. The predicted octanol–water partition coefficient (Wildman–Crippen LogP) is 3.53. The van der Waals surface area contributed by atoms with Gasteiger partial charge in [0.05, 0.1) is 16.8 Å². The molecule has 1 atom stereocenters. The number of anilines is 1. The summed E-state index contributed by atoms with van der Waals surface area (Å²) in [5.74, 6) is -0.00386. The Morgan fingerprint density at radius 2 is 1.69 bits per heavy atom. The normalized spacial score (nSPS) is 17.0. The molecule has 1 fully saturated rings. The number of carbonyl (C=O) groups excluding carboxylic acids is 1. The minimum absolute atomic E-state index is 0.00386. The molecule has 5 heteroatoms. The maximum absolute atomic E-state index is 12.5. The van der Waals surface area contributed by atoms with Crippen molar-refractivity contribution in [3.05, 3.63) is 65.2 Å². The van der Waals surface area contributed by atoms with Gasteiger partial charge in [0.15, 0.2) is 0 Å². The van der Waals surface area contributed by atoms with Crippen molar-refractivity contribution in [1.82, 2.24) is 9.80 Å². The summed E-state index contributed by atoms with van der Waals surface area (Å²) < 4.78 is 0. The largest absolute Gasteiger partial charge is 0.323 e. The number of amides is 1. The molecule has 1 amide bonds. The topological polar surface area (TPSA) is 35.6 Å². The SMILES string of the molecule is C[C@@H](C(=O)Nc1ccccc1Cl)N1CCN(CCc2ccccc2)CC1. The standard InChI is InChI=1S/C21H26ClN3O/c1-17(21(26)23-20-10-6-5-9-19(20)22)25-15-13-24(14-16-25)12-11-18-7-3-2-4-8-18/h2-10,17H,11-16H2,1H3,(H,23,26)/t17-/m0/s1. The minimum atomic E-state index is -0.164. The van der Waals surface area contributed by atoms with E-state index in [1.54, 1.807) is 6.07 Å². The molecule has 1 saturated heterocycles. The van der Waals surface area contributed by atoms with Crippen LogP contribution in [0.3, 0.4) is 0 Å². The number of carbonyl (C=O) groups is 1. The Labute approximate surface area is 160 Å². The maximum Gasteiger partial charge on any atom is 0.241 e. The van der Waals surface area contributed by atoms with Crippen molar-refractivity contribution in [3.63, 3.8) is 0 Å². The predicted molar refractivity (Wildman–Crippen MR) is 108 cm³/mol. The van der Waals surface area contributed by atoms with E-state index >= 15 is 0 Å². The lowest BCUT2D eigenvalue weighted by atomic mass is 10.1. The molecule has 0 bridgehead atoms. The third-order valence-corrected chi connectivity index (χ3v) is 5.35. The van der Waals surface area contributed by atoms with Gasteiger partial charge < -0.3 is 10.2 Å². The lowest BCUT2D eigenvalue weighted by molar-refractivity contribution is -0.121. The molecule has 2 aromatic carbocycles. The summed E-state index contributed by atoms with van der Waals surface area (Å²) in [5, 5.41) is 3.51. The Hall–Kier alpha value is -1.88. The van der Waals surface area contributed by atoms with Gasteiger partial charge in [-0.3, -0.25) is 9.69 Å². The van der Waals surface area contributed by atoms with Gasteiger partial charge in [0.25, 0.3) is 0 Å². The van der Waals surface area contributed by atoms with Crippen LogP contribution < -0.4 is 5.32 Å². The number of para-hydroxylation sites is 1. The first-order valence-corrected chi connectivity index (χ1v) is 9.57. The first-order valence-electron chi connectivity index (χ1n) is 9.19. The van der Waals surface area contributed by atoms with E-state index in [-0.39, 0.29) is 11.9 Å². The van der Waals surface area contributed by atoms with Crippen molar-refractivity contribution >= 4 is 23.2 Å². The highest BCUT2D eigenvalue weighted by Crippen LogP contribution is 2.21. The summed E-state index contributed by atoms with van der Waals surface area (Å²) in [5.41, 5.74) is 2.05. The Morgan fingerprint density at radius 1 is 1.04 bits per heavy atom. The van der Waals surface area contributed by atoms with Gasteiger partial charge in [-0.25, -0.2) is 0 Å². The van der Waals surface area contributed by atoms with E-state index < -0.39 is 0 Å². The van der Waals surface area contributed by atoms with Crippen LogP contribution in [0.2, 0.25) is 5.02 Å². The van der Waals surface area contributed by atoms with Crippen molar-refractivity contribution in [2.75, 3.05) is 38.0 Å². The van der Waals surface area contributed by atoms with Crippen LogP contribution >= 0.6 is 11.6 Å². The molecule has 26 heavy (non-hydrogen) atoms. The van der Waals surface area contributed by atoms with Crippen LogP contribution in [0.4, 0.5) is 5.69 Å². The second-order valence-corrected chi connectivity index (χ2v) is 7.17. The molecular weight excluding hydrogens is 346 g/mol. The van der Waals surface area contributed by atoms with Gasteiger partial charge >= 0.3 is 0 Å². The van der Waals surface area contributed by atoms with Crippen LogP contribution in [0.5, 0.6) is 0 Å². The van der Waals surface area contributed by atoms with E-state index in [0.717, 1.165) is 39.1 Å². The molecule has 1 aliphatic heterocycles. The number of halogens is 1. The molecule has 0 aliphatic carbocycles. The molecule has 0 radical (unpaired) electrons. The van der Waals surface area contributed by atoms with E-state index in [1.165, 1.54) is 5.56 Å². The lowest BCUT2D eigenvalue weighted by Gasteiger charge is -2.37. The van der Waals surface area contributed by atoms with Gasteiger partial charge in [-0.2, -0.15) is 0 Å². The summed E-state index contributed by atoms with van der Waals surface area (Å²) in [7, 11) is 0. The molecule has 0 aromatic heterocycles. The molecule has 1 heterocycles. The van der Waals surface area contributed by atoms with E-state index in [2.05, 4.69) is 45.4 Å². The number of nitrogens with one attached hydrogen (secondary N) is 1. The third-order valence-electron chi connectivity index (χ3n) is 5.03. The Balaban J connectivity index is 1.45. The zero-order valence-corrected chi connectivity index (χ0v) is 16.0. The van der Waals surface area contributed by atoms with E-state index in [4.69, 9.17) is 11.6 Å². The summed E-state index contributed by atoms with van der Waals surface area (Å²) in [6.07, 6.45) is 1.07. The van der Waals surface area contributed by atoms with Gasteiger partial charge in [0.2, 0.25) is 5.91 Å². The highest BCUT2D eigenvalue weighted by molar-refractivity contribution is 6.33. The third kappa shape index (κ3) is 5.07. The van der Waals surface area contributed by atoms with Gasteiger partial charge in [-0.15, -0.1) is 0 Å².